The lowest BCUT2D eigenvalue weighted by atomic mass is 10.2. The summed E-state index contributed by atoms with van der Waals surface area (Å²) in [5.74, 6) is -1.59. The Hall–Kier alpha value is -4.59. The fourth-order valence-electron chi connectivity index (χ4n) is 2.18. The number of non-ortho nitro benzene ring substituents is 1. The SMILES string of the molecule is CC(=N\NCCC#N)/C(=N/OC(=O)c1ccc([N+](=O)[O-])cc1)C(=O)Nc1ccccc1. The Bertz CT molecular complexity index is 1040. The van der Waals surface area contributed by atoms with Gasteiger partial charge in [0.15, 0.2) is 5.71 Å². The first-order valence-corrected chi connectivity index (χ1v) is 8.97. The van der Waals surface area contributed by atoms with E-state index in [9.17, 15) is 19.7 Å². The standard InChI is InChI=1S/C20H18N6O5/c1-14(24-22-13-5-12-21)18(19(27)23-16-6-3-2-4-7-16)25-31-20(28)15-8-10-17(11-9-15)26(29)30/h2-4,6-11,22H,5,13H2,1H3,(H,23,27)/b24-14+,25-18-. The molecule has 31 heavy (non-hydrogen) atoms. The lowest BCUT2D eigenvalue weighted by Crippen LogP contribution is -2.30. The molecule has 2 rings (SSSR count). The number of nitrogens with zero attached hydrogens (tertiary/aromatic N) is 4. The van der Waals surface area contributed by atoms with E-state index in [1.54, 1.807) is 30.3 Å². The fraction of sp³-hybridized carbons (Fsp3) is 0.150. The maximum atomic E-state index is 12.6. The van der Waals surface area contributed by atoms with Crippen LogP contribution in [0.5, 0.6) is 0 Å². The Kier molecular flexibility index (Phi) is 8.36. The lowest BCUT2D eigenvalue weighted by molar-refractivity contribution is -0.384. The van der Waals surface area contributed by atoms with Gasteiger partial charge in [-0.3, -0.25) is 14.9 Å². The molecule has 0 saturated heterocycles. The molecular formula is C20H18N6O5. The number of nitriles is 1. The summed E-state index contributed by atoms with van der Waals surface area (Å²) in [6.07, 6.45) is 0.203. The highest BCUT2D eigenvalue weighted by molar-refractivity contribution is 6.68. The molecule has 158 valence electrons. The third kappa shape index (κ3) is 7.06. The highest BCUT2D eigenvalue weighted by Crippen LogP contribution is 2.13. The van der Waals surface area contributed by atoms with Crippen molar-refractivity contribution in [3.8, 4) is 6.07 Å². The first-order valence-electron chi connectivity index (χ1n) is 8.97. The molecule has 0 bridgehead atoms. The summed E-state index contributed by atoms with van der Waals surface area (Å²) >= 11 is 0. The van der Waals surface area contributed by atoms with Gasteiger partial charge < -0.3 is 15.6 Å². The number of hydrogen-bond donors (Lipinski definition) is 2. The zero-order chi connectivity index (χ0) is 22.6. The van der Waals surface area contributed by atoms with Gasteiger partial charge in [-0.15, -0.1) is 0 Å². The van der Waals surface area contributed by atoms with Crippen molar-refractivity contribution < 1.29 is 19.3 Å². The van der Waals surface area contributed by atoms with Gasteiger partial charge in [-0.05, 0) is 31.2 Å². The van der Waals surface area contributed by atoms with Crippen LogP contribution < -0.4 is 10.7 Å². The van der Waals surface area contributed by atoms with E-state index in [0.717, 1.165) is 12.1 Å². The van der Waals surface area contributed by atoms with Crippen molar-refractivity contribution in [2.75, 3.05) is 11.9 Å². The molecule has 0 saturated carbocycles. The second kappa shape index (κ2) is 11.4. The second-order valence-corrected chi connectivity index (χ2v) is 5.96. The van der Waals surface area contributed by atoms with Gasteiger partial charge in [0.2, 0.25) is 0 Å². The minimum absolute atomic E-state index is 0.0129. The molecule has 11 nitrogen and oxygen atoms in total. The normalized spacial score (nSPS) is 11.2. The predicted octanol–water partition coefficient (Wildman–Crippen LogP) is 2.63. The van der Waals surface area contributed by atoms with Crippen LogP contribution in [0.4, 0.5) is 11.4 Å². The molecule has 0 radical (unpaired) electrons. The van der Waals surface area contributed by atoms with Crippen LogP contribution in [0.3, 0.4) is 0 Å². The molecule has 11 heteroatoms. The van der Waals surface area contributed by atoms with E-state index in [0.29, 0.717) is 5.69 Å². The van der Waals surface area contributed by atoms with E-state index in [1.165, 1.54) is 19.1 Å². The van der Waals surface area contributed by atoms with Gasteiger partial charge in [-0.25, -0.2) is 4.79 Å². The summed E-state index contributed by atoms with van der Waals surface area (Å²) in [7, 11) is 0. The molecule has 0 heterocycles. The number of para-hydroxylation sites is 1. The molecule has 0 aliphatic carbocycles. The summed E-state index contributed by atoms with van der Waals surface area (Å²) < 4.78 is 0. The number of benzene rings is 2. The Morgan fingerprint density at radius 1 is 1.16 bits per heavy atom. The molecule has 2 aromatic carbocycles. The maximum absolute atomic E-state index is 12.6. The highest BCUT2D eigenvalue weighted by Gasteiger charge is 2.19. The summed E-state index contributed by atoms with van der Waals surface area (Å²) in [6, 6.07) is 15.2. The van der Waals surface area contributed by atoms with Crippen molar-refractivity contribution in [3.05, 3.63) is 70.3 Å². The number of rotatable bonds is 9. The van der Waals surface area contributed by atoms with Crippen molar-refractivity contribution in [1.82, 2.24) is 5.43 Å². The van der Waals surface area contributed by atoms with Crippen molar-refractivity contribution in [2.45, 2.75) is 13.3 Å². The molecule has 2 aromatic rings. The Morgan fingerprint density at radius 3 is 2.45 bits per heavy atom. The third-order valence-electron chi connectivity index (χ3n) is 3.72. The molecular weight excluding hydrogens is 404 g/mol. The third-order valence-corrected chi connectivity index (χ3v) is 3.72. The number of hydrazone groups is 1. The predicted molar refractivity (Wildman–Crippen MR) is 112 cm³/mol. The van der Waals surface area contributed by atoms with E-state index in [1.807, 2.05) is 6.07 Å². The maximum Gasteiger partial charge on any atom is 0.365 e. The number of nitrogens with one attached hydrogen (secondary N) is 2. The van der Waals surface area contributed by atoms with E-state index in [2.05, 4.69) is 21.0 Å². The number of anilines is 1. The van der Waals surface area contributed by atoms with Gasteiger partial charge in [0.1, 0.15) is 0 Å². The van der Waals surface area contributed by atoms with Gasteiger partial charge in [0.05, 0.1) is 28.7 Å². The van der Waals surface area contributed by atoms with Crippen molar-refractivity contribution in [3.63, 3.8) is 0 Å². The van der Waals surface area contributed by atoms with Crippen LogP contribution in [0.2, 0.25) is 0 Å². The van der Waals surface area contributed by atoms with Gasteiger partial charge >= 0.3 is 5.97 Å². The van der Waals surface area contributed by atoms with Crippen molar-refractivity contribution >= 4 is 34.7 Å². The lowest BCUT2D eigenvalue weighted by Gasteiger charge is -2.08. The largest absolute Gasteiger partial charge is 0.365 e. The van der Waals surface area contributed by atoms with Crippen LogP contribution in [-0.4, -0.2) is 34.8 Å². The van der Waals surface area contributed by atoms with E-state index < -0.39 is 16.8 Å². The zero-order valence-electron chi connectivity index (χ0n) is 16.4. The zero-order valence-corrected chi connectivity index (χ0v) is 16.4. The first kappa shape index (κ1) is 22.7. The van der Waals surface area contributed by atoms with Gasteiger partial charge in [0.25, 0.3) is 11.6 Å². The van der Waals surface area contributed by atoms with Gasteiger partial charge in [0, 0.05) is 24.4 Å². The highest BCUT2D eigenvalue weighted by atomic mass is 16.7. The Morgan fingerprint density at radius 2 is 1.84 bits per heavy atom. The van der Waals surface area contributed by atoms with Crippen LogP contribution >= 0.6 is 0 Å². The van der Waals surface area contributed by atoms with Crippen molar-refractivity contribution in [1.29, 1.82) is 5.26 Å². The molecule has 0 aliphatic rings. The van der Waals surface area contributed by atoms with Gasteiger partial charge in [-0.2, -0.15) is 10.4 Å². The molecule has 0 spiro atoms. The van der Waals surface area contributed by atoms with E-state index in [4.69, 9.17) is 10.1 Å². The monoisotopic (exact) mass is 422 g/mol. The molecule has 0 aromatic heterocycles. The van der Waals surface area contributed by atoms with Crippen molar-refractivity contribution in [2.24, 2.45) is 10.3 Å². The number of nitro benzene ring substituents is 1. The van der Waals surface area contributed by atoms with Crippen LogP contribution in [0.25, 0.3) is 0 Å². The second-order valence-electron chi connectivity index (χ2n) is 5.96. The minimum Gasteiger partial charge on any atom is -0.320 e. The number of hydrogen-bond acceptors (Lipinski definition) is 9. The number of carbonyl (C=O) groups excluding carboxylic acids is 2. The summed E-state index contributed by atoms with van der Waals surface area (Å²) in [5.41, 5.74) is 2.78. The van der Waals surface area contributed by atoms with Crippen LogP contribution in [0.1, 0.15) is 23.7 Å². The Balaban J connectivity index is 2.20. The van der Waals surface area contributed by atoms with Crippen LogP contribution in [-0.2, 0) is 9.63 Å². The quantitative estimate of drug-likeness (QED) is 0.206. The topological polar surface area (TPSA) is 159 Å². The minimum atomic E-state index is -0.912. The molecule has 2 N–H and O–H groups in total. The Labute approximate surface area is 177 Å². The fourth-order valence-corrected chi connectivity index (χ4v) is 2.18. The molecule has 0 fully saturated rings. The average molecular weight is 422 g/mol. The number of oxime groups is 1. The smallest absolute Gasteiger partial charge is 0.320 e. The van der Waals surface area contributed by atoms with Crippen LogP contribution in [0.15, 0.2) is 64.9 Å². The summed E-state index contributed by atoms with van der Waals surface area (Å²) in [4.78, 5) is 39.8. The first-order chi connectivity index (χ1) is 14.9. The van der Waals surface area contributed by atoms with E-state index >= 15 is 0 Å². The molecule has 1 amide bonds. The summed E-state index contributed by atoms with van der Waals surface area (Å²) in [6.45, 7) is 1.73. The average Bonchev–Trinajstić information content (AvgIpc) is 2.77. The molecule has 0 aliphatic heterocycles. The molecule has 0 unspecified atom stereocenters. The van der Waals surface area contributed by atoms with E-state index in [-0.39, 0.29) is 35.6 Å². The number of carbonyl (C=O) groups is 2. The van der Waals surface area contributed by atoms with Crippen LogP contribution in [0, 0.1) is 21.4 Å². The number of amides is 1. The van der Waals surface area contributed by atoms with Gasteiger partial charge in [-0.1, -0.05) is 23.4 Å². The summed E-state index contributed by atoms with van der Waals surface area (Å²) in [5, 5.41) is 29.5. The number of nitro groups is 1. The molecule has 0 atom stereocenters.